The number of hydrogen-bond donors (Lipinski definition) is 2. The lowest BCUT2D eigenvalue weighted by Crippen LogP contribution is -2.26. The zero-order valence-corrected chi connectivity index (χ0v) is 14.4. The van der Waals surface area contributed by atoms with Crippen LogP contribution in [0.1, 0.15) is 23.6 Å². The molecule has 26 heavy (non-hydrogen) atoms. The highest BCUT2D eigenvalue weighted by atomic mass is 35.5. The van der Waals surface area contributed by atoms with Gasteiger partial charge in [-0.25, -0.2) is 5.43 Å². The number of nitrogens with zero attached hydrogens (tertiary/aromatic N) is 3. The van der Waals surface area contributed by atoms with E-state index < -0.39 is 11.7 Å². The van der Waals surface area contributed by atoms with E-state index in [9.17, 15) is 13.2 Å². The Hall–Kier alpha value is -2.87. The predicted molar refractivity (Wildman–Crippen MR) is 97.5 cm³/mol. The first-order valence-corrected chi connectivity index (χ1v) is 7.73. The summed E-state index contributed by atoms with van der Waals surface area (Å²) in [6.45, 7) is 1.76. The molecule has 0 fully saturated rings. The van der Waals surface area contributed by atoms with Gasteiger partial charge in [0.25, 0.3) is 0 Å². The van der Waals surface area contributed by atoms with Gasteiger partial charge in [0, 0.05) is 5.02 Å². The molecule has 0 aliphatic carbocycles. The van der Waals surface area contributed by atoms with E-state index in [1.165, 1.54) is 18.3 Å². The summed E-state index contributed by atoms with van der Waals surface area (Å²) in [4.78, 5) is 0. The van der Waals surface area contributed by atoms with Gasteiger partial charge in [-0.05, 0) is 42.3 Å². The van der Waals surface area contributed by atoms with Crippen molar-refractivity contribution in [2.45, 2.75) is 13.1 Å². The molecule has 0 saturated carbocycles. The summed E-state index contributed by atoms with van der Waals surface area (Å²) in [5.41, 5.74) is 9.26. The molecule has 0 unspecified atom stereocenters. The van der Waals surface area contributed by atoms with Crippen LogP contribution in [0.15, 0.2) is 63.8 Å². The Balaban J connectivity index is 1.95. The maximum absolute atomic E-state index is 12.5. The molecule has 0 spiro atoms. The third-order valence-corrected chi connectivity index (χ3v) is 3.45. The Morgan fingerprint density at radius 3 is 2.23 bits per heavy atom. The number of nitrogens with one attached hydrogen (secondary N) is 1. The average Bonchev–Trinajstić information content (AvgIpc) is 2.60. The molecule has 0 aliphatic heterocycles. The molecule has 0 radical (unpaired) electrons. The molecular weight excluding hydrogens is 367 g/mol. The summed E-state index contributed by atoms with van der Waals surface area (Å²) < 4.78 is 37.4. The van der Waals surface area contributed by atoms with Crippen molar-refractivity contribution in [3.8, 4) is 0 Å². The summed E-state index contributed by atoms with van der Waals surface area (Å²) >= 11 is 5.81. The lowest BCUT2D eigenvalue weighted by molar-refractivity contribution is -0.137. The van der Waals surface area contributed by atoms with Crippen molar-refractivity contribution in [2.24, 2.45) is 21.0 Å². The summed E-state index contributed by atoms with van der Waals surface area (Å²) in [5, 5.41) is 12.2. The number of alkyl halides is 3. The topological polar surface area (TPSA) is 75.1 Å². The number of nitrogens with two attached hydrogens (primary N) is 1. The van der Waals surface area contributed by atoms with E-state index in [-0.39, 0.29) is 5.96 Å². The lowest BCUT2D eigenvalue weighted by Gasteiger charge is -2.05. The Labute approximate surface area is 153 Å². The zero-order chi connectivity index (χ0) is 19.2. The molecule has 2 aromatic rings. The van der Waals surface area contributed by atoms with Gasteiger partial charge in [-0.1, -0.05) is 35.9 Å². The molecule has 5 nitrogen and oxygen atoms in total. The van der Waals surface area contributed by atoms with Gasteiger partial charge in [-0.3, -0.25) is 0 Å². The Morgan fingerprint density at radius 2 is 1.65 bits per heavy atom. The van der Waals surface area contributed by atoms with Gasteiger partial charge in [0.15, 0.2) is 0 Å². The molecule has 0 saturated heterocycles. The quantitative estimate of drug-likeness (QED) is 0.477. The third kappa shape index (κ3) is 5.89. The number of hydrogen-bond acceptors (Lipinski definition) is 3. The van der Waals surface area contributed by atoms with Crippen molar-refractivity contribution >= 4 is 29.5 Å². The van der Waals surface area contributed by atoms with Crippen LogP contribution in [-0.4, -0.2) is 17.9 Å². The first-order chi connectivity index (χ1) is 12.3. The van der Waals surface area contributed by atoms with Gasteiger partial charge >= 0.3 is 6.18 Å². The minimum atomic E-state index is -4.37. The normalized spacial score (nSPS) is 13.3. The molecule has 9 heteroatoms. The van der Waals surface area contributed by atoms with Crippen LogP contribution in [-0.2, 0) is 6.18 Å². The summed E-state index contributed by atoms with van der Waals surface area (Å²) in [6.07, 6.45) is -3.05. The largest absolute Gasteiger partial charge is 0.416 e. The van der Waals surface area contributed by atoms with Crippen LogP contribution in [0.25, 0.3) is 0 Å². The Kier molecular flexibility index (Phi) is 6.35. The molecule has 0 amide bonds. The fourth-order valence-corrected chi connectivity index (χ4v) is 1.96. The van der Waals surface area contributed by atoms with E-state index in [1.807, 2.05) is 0 Å². The highest BCUT2D eigenvalue weighted by molar-refractivity contribution is 6.30. The summed E-state index contributed by atoms with van der Waals surface area (Å²) in [6, 6.07) is 11.6. The number of hydrazone groups is 1. The van der Waals surface area contributed by atoms with Gasteiger partial charge in [0.1, 0.15) is 0 Å². The molecule has 0 bridgehead atoms. The van der Waals surface area contributed by atoms with E-state index in [1.54, 1.807) is 31.2 Å². The fraction of sp³-hybridized carbons (Fsp3) is 0.118. The lowest BCUT2D eigenvalue weighted by atomic mass is 10.1. The maximum Gasteiger partial charge on any atom is 0.416 e. The molecule has 2 aromatic carbocycles. The van der Waals surface area contributed by atoms with Crippen molar-refractivity contribution in [1.82, 2.24) is 5.43 Å². The number of halogens is 4. The SMILES string of the molecule is CC(=NN=C(N)NN=Cc1ccc(C(F)(F)F)cc1)c1ccc(Cl)cc1. The molecule has 0 atom stereocenters. The average molecular weight is 382 g/mol. The highest BCUT2D eigenvalue weighted by Crippen LogP contribution is 2.28. The van der Waals surface area contributed by atoms with Crippen LogP contribution < -0.4 is 11.2 Å². The van der Waals surface area contributed by atoms with E-state index in [0.717, 1.165) is 17.7 Å². The van der Waals surface area contributed by atoms with Crippen molar-refractivity contribution < 1.29 is 13.2 Å². The second kappa shape index (κ2) is 8.48. The van der Waals surface area contributed by atoms with E-state index >= 15 is 0 Å². The van der Waals surface area contributed by atoms with Crippen molar-refractivity contribution in [3.05, 3.63) is 70.2 Å². The van der Waals surface area contributed by atoms with Gasteiger partial charge in [-0.2, -0.15) is 23.4 Å². The summed E-state index contributed by atoms with van der Waals surface area (Å²) in [5.74, 6) is -0.0681. The van der Waals surface area contributed by atoms with Crippen LogP contribution in [0.2, 0.25) is 5.02 Å². The minimum Gasteiger partial charge on any atom is -0.367 e. The van der Waals surface area contributed by atoms with Crippen molar-refractivity contribution in [1.29, 1.82) is 0 Å². The van der Waals surface area contributed by atoms with Crippen molar-refractivity contribution in [2.75, 3.05) is 0 Å². The zero-order valence-electron chi connectivity index (χ0n) is 13.6. The van der Waals surface area contributed by atoms with Crippen LogP contribution in [0.3, 0.4) is 0 Å². The first-order valence-electron chi connectivity index (χ1n) is 7.36. The standard InChI is InChI=1S/C17H15ClF3N5/c1-11(13-4-8-15(18)9-5-13)24-26-16(22)25-23-10-12-2-6-14(7-3-12)17(19,20)21/h2-10H,1H3,(H3,22,25,26). The van der Waals surface area contributed by atoms with E-state index in [4.69, 9.17) is 17.3 Å². The first kappa shape index (κ1) is 19.5. The van der Waals surface area contributed by atoms with Crippen LogP contribution >= 0.6 is 11.6 Å². The third-order valence-electron chi connectivity index (χ3n) is 3.20. The highest BCUT2D eigenvalue weighted by Gasteiger charge is 2.29. The van der Waals surface area contributed by atoms with Gasteiger partial charge in [0.2, 0.25) is 5.96 Å². The van der Waals surface area contributed by atoms with E-state index in [0.29, 0.717) is 16.3 Å². The molecule has 3 N–H and O–H groups in total. The Bertz CT molecular complexity index is 825. The number of benzene rings is 2. The van der Waals surface area contributed by atoms with Gasteiger partial charge in [-0.15, -0.1) is 5.10 Å². The Morgan fingerprint density at radius 1 is 1.04 bits per heavy atom. The monoisotopic (exact) mass is 381 g/mol. The number of guanidine groups is 1. The van der Waals surface area contributed by atoms with Crippen LogP contribution in [0.5, 0.6) is 0 Å². The minimum absolute atomic E-state index is 0.0681. The molecule has 0 aliphatic rings. The smallest absolute Gasteiger partial charge is 0.367 e. The second-order valence-electron chi connectivity index (χ2n) is 5.17. The molecule has 0 heterocycles. The molecule has 136 valence electrons. The molecule has 0 aromatic heterocycles. The molecular formula is C17H15ClF3N5. The second-order valence-corrected chi connectivity index (χ2v) is 5.60. The number of rotatable bonds is 4. The molecule has 2 rings (SSSR count). The van der Waals surface area contributed by atoms with Gasteiger partial charge in [0.05, 0.1) is 17.5 Å². The van der Waals surface area contributed by atoms with E-state index in [2.05, 4.69) is 20.7 Å². The van der Waals surface area contributed by atoms with Crippen LogP contribution in [0, 0.1) is 0 Å². The summed E-state index contributed by atoms with van der Waals surface area (Å²) in [7, 11) is 0. The van der Waals surface area contributed by atoms with Gasteiger partial charge < -0.3 is 5.73 Å². The maximum atomic E-state index is 12.5. The van der Waals surface area contributed by atoms with Crippen LogP contribution in [0.4, 0.5) is 13.2 Å². The van der Waals surface area contributed by atoms with Crippen molar-refractivity contribution in [3.63, 3.8) is 0 Å². The predicted octanol–water partition coefficient (Wildman–Crippen LogP) is 4.02. The fourth-order valence-electron chi connectivity index (χ4n) is 1.83.